The van der Waals surface area contributed by atoms with E-state index in [1.165, 1.54) is 31.9 Å². The Morgan fingerprint density at radius 1 is 1.47 bits per heavy atom. The Morgan fingerprint density at radius 3 is 2.65 bits per heavy atom. The van der Waals surface area contributed by atoms with Gasteiger partial charge in [0.2, 0.25) is 0 Å². The standard InChI is InChI=1S/C14H24O2S/c1-9(2)12-7-6-10(3)8-13(12)17-11(4)14(15)16-5/h10-11,13H,6-8H2,1-5H3. The molecule has 3 atom stereocenters. The molecule has 0 heterocycles. The van der Waals surface area contributed by atoms with Gasteiger partial charge in [0.25, 0.3) is 0 Å². The van der Waals surface area contributed by atoms with Gasteiger partial charge in [-0.1, -0.05) is 18.1 Å². The highest BCUT2D eigenvalue weighted by molar-refractivity contribution is 8.01. The Bertz CT molecular complexity index is 305. The summed E-state index contributed by atoms with van der Waals surface area (Å²) in [6.07, 6.45) is 3.66. The summed E-state index contributed by atoms with van der Waals surface area (Å²) in [5.41, 5.74) is 2.97. The molecule has 1 aliphatic carbocycles. The Kier molecular flexibility index (Phi) is 5.57. The van der Waals surface area contributed by atoms with Crippen molar-refractivity contribution >= 4 is 17.7 Å². The van der Waals surface area contributed by atoms with Crippen LogP contribution in [0.1, 0.15) is 47.0 Å². The lowest BCUT2D eigenvalue weighted by Gasteiger charge is -2.31. The molecule has 3 heteroatoms. The molecule has 17 heavy (non-hydrogen) atoms. The summed E-state index contributed by atoms with van der Waals surface area (Å²) < 4.78 is 4.80. The molecular formula is C14H24O2S. The first kappa shape index (κ1) is 14.6. The highest BCUT2D eigenvalue weighted by Gasteiger charge is 2.28. The van der Waals surface area contributed by atoms with Crippen LogP contribution in [0.2, 0.25) is 0 Å². The Labute approximate surface area is 109 Å². The van der Waals surface area contributed by atoms with Gasteiger partial charge < -0.3 is 4.74 Å². The molecule has 98 valence electrons. The maximum absolute atomic E-state index is 11.5. The maximum atomic E-state index is 11.5. The Balaban J connectivity index is 2.71. The van der Waals surface area contributed by atoms with Gasteiger partial charge >= 0.3 is 5.97 Å². The van der Waals surface area contributed by atoms with Crippen molar-refractivity contribution in [3.8, 4) is 0 Å². The summed E-state index contributed by atoms with van der Waals surface area (Å²) in [5.74, 6) is 0.654. The number of rotatable bonds is 3. The second-order valence-electron chi connectivity index (χ2n) is 5.19. The largest absolute Gasteiger partial charge is 0.468 e. The van der Waals surface area contributed by atoms with Crippen molar-refractivity contribution in [2.24, 2.45) is 5.92 Å². The van der Waals surface area contributed by atoms with E-state index in [0.29, 0.717) is 5.25 Å². The minimum absolute atomic E-state index is 0.0651. The normalized spacial score (nSPS) is 26.5. The molecule has 0 N–H and O–H groups in total. The van der Waals surface area contributed by atoms with Crippen LogP contribution in [0.15, 0.2) is 11.1 Å². The monoisotopic (exact) mass is 256 g/mol. The van der Waals surface area contributed by atoms with Gasteiger partial charge in [-0.25, -0.2) is 0 Å². The third-order valence-electron chi connectivity index (χ3n) is 3.46. The molecule has 3 unspecified atom stereocenters. The van der Waals surface area contributed by atoms with Crippen molar-refractivity contribution in [1.82, 2.24) is 0 Å². The first-order valence-corrected chi connectivity index (χ1v) is 7.29. The van der Waals surface area contributed by atoms with Crippen LogP contribution in [0, 0.1) is 5.92 Å². The van der Waals surface area contributed by atoms with E-state index in [4.69, 9.17) is 4.74 Å². The average Bonchev–Trinajstić information content (AvgIpc) is 2.27. The number of thioether (sulfide) groups is 1. The van der Waals surface area contributed by atoms with E-state index in [9.17, 15) is 4.79 Å². The van der Waals surface area contributed by atoms with Gasteiger partial charge in [0.15, 0.2) is 0 Å². The van der Waals surface area contributed by atoms with E-state index >= 15 is 0 Å². The van der Waals surface area contributed by atoms with Crippen LogP contribution in [0.3, 0.4) is 0 Å². The van der Waals surface area contributed by atoms with Gasteiger partial charge in [-0.2, -0.15) is 0 Å². The minimum Gasteiger partial charge on any atom is -0.468 e. The fourth-order valence-electron chi connectivity index (χ4n) is 2.37. The van der Waals surface area contributed by atoms with E-state index in [-0.39, 0.29) is 11.2 Å². The molecule has 1 rings (SSSR count). The van der Waals surface area contributed by atoms with Gasteiger partial charge in [-0.3, -0.25) is 4.79 Å². The third kappa shape index (κ3) is 4.06. The molecule has 0 aliphatic heterocycles. The Morgan fingerprint density at radius 2 is 2.12 bits per heavy atom. The molecule has 0 saturated heterocycles. The summed E-state index contributed by atoms with van der Waals surface area (Å²) in [4.78, 5) is 11.5. The van der Waals surface area contributed by atoms with Crippen LogP contribution < -0.4 is 0 Å². The fraction of sp³-hybridized carbons (Fsp3) is 0.786. The van der Waals surface area contributed by atoms with Crippen LogP contribution in [-0.4, -0.2) is 23.6 Å². The molecular weight excluding hydrogens is 232 g/mol. The van der Waals surface area contributed by atoms with E-state index in [1.807, 2.05) is 6.92 Å². The lowest BCUT2D eigenvalue weighted by molar-refractivity contribution is -0.139. The second kappa shape index (κ2) is 6.48. The lowest BCUT2D eigenvalue weighted by Crippen LogP contribution is -2.25. The number of hydrogen-bond donors (Lipinski definition) is 0. The zero-order valence-electron chi connectivity index (χ0n) is 11.6. The van der Waals surface area contributed by atoms with Crippen molar-refractivity contribution in [2.45, 2.75) is 57.5 Å². The van der Waals surface area contributed by atoms with E-state index in [0.717, 1.165) is 5.92 Å². The van der Waals surface area contributed by atoms with Gasteiger partial charge in [-0.05, 0) is 46.0 Å². The zero-order valence-corrected chi connectivity index (χ0v) is 12.4. The van der Waals surface area contributed by atoms with Crippen LogP contribution in [0.4, 0.5) is 0 Å². The van der Waals surface area contributed by atoms with Crippen molar-refractivity contribution in [1.29, 1.82) is 0 Å². The summed E-state index contributed by atoms with van der Waals surface area (Å²) in [7, 11) is 1.46. The molecule has 0 aromatic heterocycles. The number of ether oxygens (including phenoxy) is 1. The summed E-state index contributed by atoms with van der Waals surface area (Å²) in [5, 5.41) is 0.433. The maximum Gasteiger partial charge on any atom is 0.318 e. The smallest absolute Gasteiger partial charge is 0.318 e. The van der Waals surface area contributed by atoms with Crippen molar-refractivity contribution < 1.29 is 9.53 Å². The predicted octanol–water partition coefficient (Wildman–Crippen LogP) is 3.81. The highest BCUT2D eigenvalue weighted by atomic mass is 32.2. The van der Waals surface area contributed by atoms with Crippen molar-refractivity contribution in [3.63, 3.8) is 0 Å². The fourth-order valence-corrected chi connectivity index (χ4v) is 4.02. The molecule has 0 aromatic carbocycles. The highest BCUT2D eigenvalue weighted by Crippen LogP contribution is 2.39. The van der Waals surface area contributed by atoms with E-state index < -0.39 is 0 Å². The van der Waals surface area contributed by atoms with E-state index in [1.54, 1.807) is 17.3 Å². The Hall–Kier alpha value is -0.440. The average molecular weight is 256 g/mol. The molecule has 0 radical (unpaired) electrons. The quantitative estimate of drug-likeness (QED) is 0.567. The number of carbonyl (C=O) groups is 1. The number of carbonyl (C=O) groups excluding carboxylic acids is 1. The first-order chi connectivity index (χ1) is 7.95. The van der Waals surface area contributed by atoms with Crippen LogP contribution in [-0.2, 0) is 9.53 Å². The SMILES string of the molecule is COC(=O)C(C)SC1CC(C)CCC1=C(C)C. The van der Waals surface area contributed by atoms with Gasteiger partial charge in [-0.15, -0.1) is 11.8 Å². The van der Waals surface area contributed by atoms with Crippen LogP contribution >= 0.6 is 11.8 Å². The molecule has 1 aliphatic rings. The minimum atomic E-state index is -0.110. The molecule has 0 bridgehead atoms. The summed E-state index contributed by atoms with van der Waals surface area (Å²) in [6.45, 7) is 8.61. The topological polar surface area (TPSA) is 26.3 Å². The van der Waals surface area contributed by atoms with Crippen LogP contribution in [0.25, 0.3) is 0 Å². The molecule has 0 amide bonds. The van der Waals surface area contributed by atoms with Crippen molar-refractivity contribution in [3.05, 3.63) is 11.1 Å². The number of esters is 1. The molecule has 1 saturated carbocycles. The molecule has 2 nitrogen and oxygen atoms in total. The summed E-state index contributed by atoms with van der Waals surface area (Å²) in [6, 6.07) is 0. The molecule has 0 spiro atoms. The number of allylic oxidation sites excluding steroid dienone is 1. The lowest BCUT2D eigenvalue weighted by atomic mass is 9.85. The third-order valence-corrected chi connectivity index (χ3v) is 4.86. The molecule has 1 fully saturated rings. The van der Waals surface area contributed by atoms with Gasteiger partial charge in [0.1, 0.15) is 5.25 Å². The number of hydrogen-bond acceptors (Lipinski definition) is 3. The number of methoxy groups -OCH3 is 1. The van der Waals surface area contributed by atoms with Gasteiger partial charge in [0.05, 0.1) is 7.11 Å². The molecule has 0 aromatic rings. The summed E-state index contributed by atoms with van der Waals surface area (Å²) >= 11 is 1.76. The van der Waals surface area contributed by atoms with Crippen molar-refractivity contribution in [2.75, 3.05) is 7.11 Å². The second-order valence-corrected chi connectivity index (χ2v) is 6.74. The van der Waals surface area contributed by atoms with Crippen LogP contribution in [0.5, 0.6) is 0 Å². The van der Waals surface area contributed by atoms with Gasteiger partial charge in [0, 0.05) is 5.25 Å². The predicted molar refractivity (Wildman–Crippen MR) is 74.2 cm³/mol. The van der Waals surface area contributed by atoms with E-state index in [2.05, 4.69) is 20.8 Å². The zero-order chi connectivity index (χ0) is 13.0. The first-order valence-electron chi connectivity index (χ1n) is 6.35.